The number of aryl methyl sites for hydroxylation is 1. The smallest absolute Gasteiger partial charge is 0.328 e. The summed E-state index contributed by atoms with van der Waals surface area (Å²) >= 11 is 0. The Morgan fingerprint density at radius 1 is 1.37 bits per heavy atom. The third-order valence-electron chi connectivity index (χ3n) is 2.54. The molecule has 19 heavy (non-hydrogen) atoms. The average molecular weight is 261 g/mol. The minimum Gasteiger partial charge on any atom is -0.480 e. The van der Waals surface area contributed by atoms with Crippen molar-refractivity contribution in [1.82, 2.24) is 9.97 Å². The lowest BCUT2D eigenvalue weighted by Gasteiger charge is -2.09. The summed E-state index contributed by atoms with van der Waals surface area (Å²) in [6.07, 6.45) is 0. The molecule has 6 heteroatoms. The number of nitrogens with two attached hydrogens (primary N) is 1. The van der Waals surface area contributed by atoms with E-state index in [1.54, 1.807) is 25.1 Å². The predicted molar refractivity (Wildman–Crippen MR) is 66.7 cm³/mol. The highest BCUT2D eigenvalue weighted by Gasteiger charge is 2.18. The van der Waals surface area contributed by atoms with Crippen molar-refractivity contribution in [3.8, 4) is 11.3 Å². The molecule has 2 aromatic rings. The van der Waals surface area contributed by atoms with Crippen LogP contribution in [-0.4, -0.2) is 21.0 Å². The van der Waals surface area contributed by atoms with Crippen LogP contribution in [0.5, 0.6) is 0 Å². The van der Waals surface area contributed by atoms with E-state index in [9.17, 15) is 9.18 Å². The van der Waals surface area contributed by atoms with E-state index in [2.05, 4.69) is 9.97 Å². The lowest BCUT2D eigenvalue weighted by atomic mass is 10.1. The molecule has 0 aliphatic rings. The predicted octanol–water partition coefficient (Wildman–Crippen LogP) is 1.68. The third kappa shape index (κ3) is 2.92. The summed E-state index contributed by atoms with van der Waals surface area (Å²) in [5, 5.41) is 8.87. The summed E-state index contributed by atoms with van der Waals surface area (Å²) in [6.45, 7) is 1.70. The second-order valence-electron chi connectivity index (χ2n) is 4.08. The highest BCUT2D eigenvalue weighted by molar-refractivity contribution is 5.74. The van der Waals surface area contributed by atoms with E-state index < -0.39 is 17.8 Å². The summed E-state index contributed by atoms with van der Waals surface area (Å²) in [7, 11) is 0. The van der Waals surface area contributed by atoms with Gasteiger partial charge >= 0.3 is 5.97 Å². The van der Waals surface area contributed by atoms with Gasteiger partial charge in [-0.15, -0.1) is 0 Å². The van der Waals surface area contributed by atoms with Crippen molar-refractivity contribution < 1.29 is 14.3 Å². The van der Waals surface area contributed by atoms with E-state index >= 15 is 0 Å². The van der Waals surface area contributed by atoms with E-state index in [1.807, 2.05) is 0 Å². The average Bonchev–Trinajstić information content (AvgIpc) is 2.37. The van der Waals surface area contributed by atoms with E-state index in [0.29, 0.717) is 17.0 Å². The van der Waals surface area contributed by atoms with Crippen molar-refractivity contribution in [3.05, 3.63) is 47.7 Å². The Balaban J connectivity index is 2.50. The molecule has 0 amide bonds. The second kappa shape index (κ2) is 5.11. The fourth-order valence-corrected chi connectivity index (χ4v) is 1.64. The van der Waals surface area contributed by atoms with Gasteiger partial charge < -0.3 is 10.8 Å². The molecule has 0 aliphatic heterocycles. The third-order valence-corrected chi connectivity index (χ3v) is 2.54. The summed E-state index contributed by atoms with van der Waals surface area (Å²) in [5.41, 5.74) is 7.04. The Bertz CT molecular complexity index is 631. The Morgan fingerprint density at radius 3 is 2.74 bits per heavy atom. The Kier molecular flexibility index (Phi) is 3.52. The minimum atomic E-state index is -1.30. The zero-order chi connectivity index (χ0) is 14.0. The first kappa shape index (κ1) is 13.1. The molecular weight excluding hydrogens is 249 g/mol. The van der Waals surface area contributed by atoms with Crippen molar-refractivity contribution in [2.75, 3.05) is 0 Å². The SMILES string of the molecule is Cc1cc(-c2cccc(F)c2)nc(C(N)C(=O)O)n1. The van der Waals surface area contributed by atoms with Crippen LogP contribution in [0.3, 0.4) is 0 Å². The van der Waals surface area contributed by atoms with Crippen molar-refractivity contribution in [3.63, 3.8) is 0 Å². The molecule has 0 aliphatic carbocycles. The summed E-state index contributed by atoms with van der Waals surface area (Å²) in [5.74, 6) is -1.60. The number of nitrogens with zero attached hydrogens (tertiary/aromatic N) is 2. The first-order valence-electron chi connectivity index (χ1n) is 5.57. The maximum absolute atomic E-state index is 13.2. The highest BCUT2D eigenvalue weighted by atomic mass is 19.1. The van der Waals surface area contributed by atoms with Gasteiger partial charge in [0.15, 0.2) is 11.9 Å². The van der Waals surface area contributed by atoms with Crippen LogP contribution < -0.4 is 5.73 Å². The molecule has 1 atom stereocenters. The lowest BCUT2D eigenvalue weighted by molar-refractivity contribution is -0.138. The Morgan fingerprint density at radius 2 is 2.11 bits per heavy atom. The summed E-state index contributed by atoms with van der Waals surface area (Å²) in [6, 6.07) is 6.22. The second-order valence-corrected chi connectivity index (χ2v) is 4.08. The van der Waals surface area contributed by atoms with Crippen molar-refractivity contribution >= 4 is 5.97 Å². The molecule has 3 N–H and O–H groups in total. The molecule has 0 radical (unpaired) electrons. The van der Waals surface area contributed by atoms with E-state index in [0.717, 1.165) is 0 Å². The van der Waals surface area contributed by atoms with Gasteiger partial charge in [-0.05, 0) is 25.1 Å². The van der Waals surface area contributed by atoms with Gasteiger partial charge in [-0.25, -0.2) is 14.4 Å². The molecular formula is C13H12FN3O2. The number of carbonyl (C=O) groups is 1. The van der Waals surface area contributed by atoms with Gasteiger partial charge in [0.1, 0.15) is 5.82 Å². The molecule has 5 nitrogen and oxygen atoms in total. The van der Waals surface area contributed by atoms with E-state index in [1.165, 1.54) is 12.1 Å². The zero-order valence-corrected chi connectivity index (χ0v) is 10.2. The number of benzene rings is 1. The molecule has 1 aromatic heterocycles. The topological polar surface area (TPSA) is 89.1 Å². The largest absolute Gasteiger partial charge is 0.480 e. The number of carboxylic acids is 1. The normalized spacial score (nSPS) is 12.2. The van der Waals surface area contributed by atoms with Gasteiger partial charge in [0.25, 0.3) is 0 Å². The number of hydrogen-bond acceptors (Lipinski definition) is 4. The van der Waals surface area contributed by atoms with Crippen LogP contribution in [0.2, 0.25) is 0 Å². The van der Waals surface area contributed by atoms with Crippen molar-refractivity contribution in [2.24, 2.45) is 5.73 Å². The molecule has 0 fully saturated rings. The van der Waals surface area contributed by atoms with Crippen LogP contribution in [-0.2, 0) is 4.79 Å². The molecule has 0 spiro atoms. The highest BCUT2D eigenvalue weighted by Crippen LogP contribution is 2.20. The van der Waals surface area contributed by atoms with Crippen LogP contribution in [0, 0.1) is 12.7 Å². The van der Waals surface area contributed by atoms with Gasteiger partial charge in [0.05, 0.1) is 5.69 Å². The summed E-state index contributed by atoms with van der Waals surface area (Å²) in [4.78, 5) is 18.9. The Hall–Kier alpha value is -2.34. The van der Waals surface area contributed by atoms with Gasteiger partial charge in [-0.1, -0.05) is 12.1 Å². The van der Waals surface area contributed by atoms with Crippen LogP contribution in [0.25, 0.3) is 11.3 Å². The fourth-order valence-electron chi connectivity index (χ4n) is 1.64. The number of hydrogen-bond donors (Lipinski definition) is 2. The molecule has 1 aromatic carbocycles. The molecule has 0 saturated carbocycles. The van der Waals surface area contributed by atoms with Gasteiger partial charge in [0, 0.05) is 11.3 Å². The standard InChI is InChI=1S/C13H12FN3O2/c1-7-5-10(8-3-2-4-9(14)6-8)17-12(16-7)11(15)13(18)19/h2-6,11H,15H2,1H3,(H,18,19). The van der Waals surface area contributed by atoms with Crippen molar-refractivity contribution in [1.29, 1.82) is 0 Å². The van der Waals surface area contributed by atoms with E-state index in [-0.39, 0.29) is 5.82 Å². The quantitative estimate of drug-likeness (QED) is 0.877. The van der Waals surface area contributed by atoms with Crippen LogP contribution >= 0.6 is 0 Å². The van der Waals surface area contributed by atoms with Crippen LogP contribution in [0.4, 0.5) is 4.39 Å². The van der Waals surface area contributed by atoms with Crippen molar-refractivity contribution in [2.45, 2.75) is 13.0 Å². The van der Waals surface area contributed by atoms with Gasteiger partial charge in [0.2, 0.25) is 0 Å². The maximum atomic E-state index is 13.2. The van der Waals surface area contributed by atoms with Gasteiger partial charge in [-0.3, -0.25) is 4.79 Å². The zero-order valence-electron chi connectivity index (χ0n) is 10.2. The number of aromatic nitrogens is 2. The molecule has 2 rings (SSSR count). The molecule has 98 valence electrons. The van der Waals surface area contributed by atoms with Crippen LogP contribution in [0.15, 0.2) is 30.3 Å². The van der Waals surface area contributed by atoms with Crippen LogP contribution in [0.1, 0.15) is 17.6 Å². The number of halogens is 1. The molecule has 0 saturated heterocycles. The monoisotopic (exact) mass is 261 g/mol. The first-order valence-corrected chi connectivity index (χ1v) is 5.57. The first-order chi connectivity index (χ1) is 8.97. The molecule has 1 heterocycles. The lowest BCUT2D eigenvalue weighted by Crippen LogP contribution is -2.23. The fraction of sp³-hybridized carbons (Fsp3) is 0.154. The molecule has 1 unspecified atom stereocenters. The van der Waals surface area contributed by atoms with E-state index in [4.69, 9.17) is 10.8 Å². The van der Waals surface area contributed by atoms with Gasteiger partial charge in [-0.2, -0.15) is 0 Å². The molecule has 0 bridgehead atoms. The minimum absolute atomic E-state index is 0.00626. The number of rotatable bonds is 3. The number of carboxylic acid groups (broad SMARTS) is 1. The number of aliphatic carboxylic acids is 1. The Labute approximate surface area is 108 Å². The summed E-state index contributed by atoms with van der Waals surface area (Å²) < 4.78 is 13.2. The maximum Gasteiger partial charge on any atom is 0.328 e.